The van der Waals surface area contributed by atoms with Crippen molar-refractivity contribution >= 4 is 33.3 Å². The standard InChI is InChI=1S/C13H13BrClN3O/c14-11-12(15)16-8-17-13(11)18-10(7-19)6-9-4-2-1-3-5-9/h1-5,8,10,19H,6-7H2,(H,16,17,18). The number of nitrogens with one attached hydrogen (secondary N) is 1. The highest BCUT2D eigenvalue weighted by atomic mass is 79.9. The van der Waals surface area contributed by atoms with Crippen LogP contribution >= 0.6 is 27.5 Å². The smallest absolute Gasteiger partial charge is 0.148 e. The van der Waals surface area contributed by atoms with Crippen LogP contribution in [0.5, 0.6) is 0 Å². The van der Waals surface area contributed by atoms with Gasteiger partial charge in [0.25, 0.3) is 0 Å². The molecule has 1 atom stereocenters. The number of hydrogen-bond acceptors (Lipinski definition) is 4. The van der Waals surface area contributed by atoms with Crippen molar-refractivity contribution in [2.75, 3.05) is 11.9 Å². The number of aromatic nitrogens is 2. The summed E-state index contributed by atoms with van der Waals surface area (Å²) in [5.41, 5.74) is 1.14. The van der Waals surface area contributed by atoms with Gasteiger partial charge in [0.05, 0.1) is 17.1 Å². The molecule has 100 valence electrons. The van der Waals surface area contributed by atoms with Gasteiger partial charge < -0.3 is 10.4 Å². The van der Waals surface area contributed by atoms with E-state index in [1.165, 1.54) is 6.33 Å². The number of anilines is 1. The molecule has 2 N–H and O–H groups in total. The molecule has 0 spiro atoms. The van der Waals surface area contributed by atoms with Gasteiger partial charge in [0.2, 0.25) is 0 Å². The zero-order valence-corrected chi connectivity index (χ0v) is 12.4. The molecule has 1 unspecified atom stereocenters. The minimum Gasteiger partial charge on any atom is -0.394 e. The molecule has 4 nitrogen and oxygen atoms in total. The lowest BCUT2D eigenvalue weighted by atomic mass is 10.1. The Kier molecular flexibility index (Phi) is 5.13. The molecule has 19 heavy (non-hydrogen) atoms. The lowest BCUT2D eigenvalue weighted by molar-refractivity contribution is 0.273. The van der Waals surface area contributed by atoms with Gasteiger partial charge in [-0.1, -0.05) is 41.9 Å². The van der Waals surface area contributed by atoms with Crippen molar-refractivity contribution in [2.24, 2.45) is 0 Å². The molecular formula is C13H13BrClN3O. The summed E-state index contributed by atoms with van der Waals surface area (Å²) in [5.74, 6) is 0.579. The molecule has 6 heteroatoms. The summed E-state index contributed by atoms with van der Waals surface area (Å²) in [6, 6.07) is 9.82. The quantitative estimate of drug-likeness (QED) is 0.820. The highest BCUT2D eigenvalue weighted by Gasteiger charge is 2.13. The maximum Gasteiger partial charge on any atom is 0.148 e. The number of nitrogens with zero attached hydrogens (tertiary/aromatic N) is 2. The highest BCUT2D eigenvalue weighted by Crippen LogP contribution is 2.26. The number of aliphatic hydroxyl groups excluding tert-OH is 1. The van der Waals surface area contributed by atoms with Crippen LogP contribution in [0.15, 0.2) is 41.1 Å². The molecule has 0 fully saturated rings. The third kappa shape index (κ3) is 3.89. The first-order valence-corrected chi connectivity index (χ1v) is 6.95. The molecule has 1 heterocycles. The second-order valence-corrected chi connectivity index (χ2v) is 5.19. The molecule has 2 aromatic rings. The van der Waals surface area contributed by atoms with Crippen LogP contribution in [0.2, 0.25) is 5.15 Å². The van der Waals surface area contributed by atoms with Crippen molar-refractivity contribution in [3.05, 3.63) is 51.8 Å². The highest BCUT2D eigenvalue weighted by molar-refractivity contribution is 9.10. The lowest BCUT2D eigenvalue weighted by Gasteiger charge is -2.17. The normalized spacial score (nSPS) is 12.2. The van der Waals surface area contributed by atoms with Gasteiger partial charge in [-0.15, -0.1) is 0 Å². The van der Waals surface area contributed by atoms with Gasteiger partial charge in [-0.25, -0.2) is 9.97 Å². The van der Waals surface area contributed by atoms with E-state index < -0.39 is 0 Å². The second kappa shape index (κ2) is 6.84. The van der Waals surface area contributed by atoms with Crippen LogP contribution in [0, 0.1) is 0 Å². The summed E-state index contributed by atoms with van der Waals surface area (Å²) in [4.78, 5) is 7.97. The molecule has 0 aliphatic rings. The third-order valence-electron chi connectivity index (χ3n) is 2.63. The van der Waals surface area contributed by atoms with Crippen molar-refractivity contribution in [3.8, 4) is 0 Å². The summed E-state index contributed by atoms with van der Waals surface area (Å²) >= 11 is 9.22. The average Bonchev–Trinajstić information content (AvgIpc) is 2.44. The second-order valence-electron chi connectivity index (χ2n) is 4.04. The van der Waals surface area contributed by atoms with Gasteiger partial charge >= 0.3 is 0 Å². The minimum absolute atomic E-state index is 0.00293. The average molecular weight is 343 g/mol. The van der Waals surface area contributed by atoms with E-state index >= 15 is 0 Å². The number of halogens is 2. The zero-order valence-electron chi connectivity index (χ0n) is 10.1. The van der Waals surface area contributed by atoms with E-state index in [2.05, 4.69) is 31.2 Å². The maximum absolute atomic E-state index is 9.45. The Hall–Kier alpha value is -1.17. The number of benzene rings is 1. The molecular weight excluding hydrogens is 330 g/mol. The Bertz CT molecular complexity index is 539. The largest absolute Gasteiger partial charge is 0.394 e. The predicted octanol–water partition coefficient (Wildman–Crippen LogP) is 2.91. The van der Waals surface area contributed by atoms with Crippen LogP contribution in [0.4, 0.5) is 5.82 Å². The molecule has 0 radical (unpaired) electrons. The van der Waals surface area contributed by atoms with Crippen LogP contribution in [0.1, 0.15) is 5.56 Å². The molecule has 1 aromatic carbocycles. The summed E-state index contributed by atoms with van der Waals surface area (Å²) in [6.45, 7) is 0.00293. The zero-order chi connectivity index (χ0) is 13.7. The van der Waals surface area contributed by atoms with Crippen molar-refractivity contribution < 1.29 is 5.11 Å². The predicted molar refractivity (Wildman–Crippen MR) is 79.4 cm³/mol. The fourth-order valence-electron chi connectivity index (χ4n) is 1.70. The monoisotopic (exact) mass is 341 g/mol. The first-order valence-electron chi connectivity index (χ1n) is 5.78. The van der Waals surface area contributed by atoms with Crippen molar-refractivity contribution in [1.29, 1.82) is 0 Å². The SMILES string of the molecule is OCC(Cc1ccccc1)Nc1ncnc(Cl)c1Br. The Balaban J connectivity index is 2.09. The fraction of sp³-hybridized carbons (Fsp3) is 0.231. The van der Waals surface area contributed by atoms with E-state index in [4.69, 9.17) is 11.6 Å². The van der Waals surface area contributed by atoms with E-state index in [1.807, 2.05) is 30.3 Å². The Morgan fingerprint density at radius 1 is 1.26 bits per heavy atom. The molecule has 0 saturated heterocycles. The van der Waals surface area contributed by atoms with E-state index in [0.717, 1.165) is 5.56 Å². The summed E-state index contributed by atoms with van der Waals surface area (Å²) in [5, 5.41) is 13.0. The Morgan fingerprint density at radius 3 is 2.68 bits per heavy atom. The topological polar surface area (TPSA) is 58.0 Å². The molecule has 0 aliphatic carbocycles. The summed E-state index contributed by atoms with van der Waals surface area (Å²) < 4.78 is 0.600. The minimum atomic E-state index is -0.135. The van der Waals surface area contributed by atoms with Crippen LogP contribution in [0.3, 0.4) is 0 Å². The van der Waals surface area contributed by atoms with Crippen molar-refractivity contribution in [2.45, 2.75) is 12.5 Å². The van der Waals surface area contributed by atoms with Gasteiger partial charge in [0.1, 0.15) is 17.3 Å². The van der Waals surface area contributed by atoms with Crippen LogP contribution in [0.25, 0.3) is 0 Å². The molecule has 0 saturated carbocycles. The van der Waals surface area contributed by atoms with Crippen molar-refractivity contribution in [1.82, 2.24) is 9.97 Å². The molecule has 0 aliphatic heterocycles. The molecule has 0 amide bonds. The van der Waals surface area contributed by atoms with Gasteiger partial charge in [0.15, 0.2) is 0 Å². The maximum atomic E-state index is 9.45. The number of aliphatic hydroxyl groups is 1. The van der Waals surface area contributed by atoms with E-state index in [0.29, 0.717) is 21.9 Å². The van der Waals surface area contributed by atoms with E-state index in [-0.39, 0.29) is 12.6 Å². The third-order valence-corrected chi connectivity index (χ3v) is 3.90. The lowest BCUT2D eigenvalue weighted by Crippen LogP contribution is -2.27. The van der Waals surface area contributed by atoms with Crippen molar-refractivity contribution in [3.63, 3.8) is 0 Å². The Morgan fingerprint density at radius 2 is 2.00 bits per heavy atom. The van der Waals surface area contributed by atoms with Gasteiger partial charge in [-0.2, -0.15) is 0 Å². The first kappa shape index (κ1) is 14.2. The Labute approximate surface area is 125 Å². The van der Waals surface area contributed by atoms with Gasteiger partial charge in [0, 0.05) is 0 Å². The van der Waals surface area contributed by atoms with E-state index in [9.17, 15) is 5.11 Å². The molecule has 2 rings (SSSR count). The molecule has 0 bridgehead atoms. The first-order chi connectivity index (χ1) is 9.20. The van der Waals surface area contributed by atoms with Crippen LogP contribution < -0.4 is 5.32 Å². The van der Waals surface area contributed by atoms with Crippen LogP contribution in [-0.4, -0.2) is 27.7 Å². The van der Waals surface area contributed by atoms with Crippen LogP contribution in [-0.2, 0) is 6.42 Å². The summed E-state index contributed by atoms with van der Waals surface area (Å²) in [7, 11) is 0. The van der Waals surface area contributed by atoms with E-state index in [1.54, 1.807) is 0 Å². The molecule has 1 aromatic heterocycles. The number of hydrogen-bond donors (Lipinski definition) is 2. The van der Waals surface area contributed by atoms with Gasteiger partial charge in [-0.3, -0.25) is 0 Å². The summed E-state index contributed by atoms with van der Waals surface area (Å²) in [6.07, 6.45) is 2.08. The fourth-order valence-corrected chi connectivity index (χ4v) is 2.15. The van der Waals surface area contributed by atoms with Gasteiger partial charge in [-0.05, 0) is 27.9 Å². The number of rotatable bonds is 5.